The zero-order chi connectivity index (χ0) is 21.7. The van der Waals surface area contributed by atoms with Crippen molar-refractivity contribution in [1.29, 1.82) is 0 Å². The van der Waals surface area contributed by atoms with Crippen LogP contribution in [0.4, 0.5) is 0 Å². The number of hydrogen-bond donors (Lipinski definition) is 2. The summed E-state index contributed by atoms with van der Waals surface area (Å²) < 4.78 is 1.50. The van der Waals surface area contributed by atoms with E-state index in [-0.39, 0.29) is 4.75 Å². The van der Waals surface area contributed by atoms with Gasteiger partial charge in [0.2, 0.25) is 0 Å². The second kappa shape index (κ2) is 8.49. The van der Waals surface area contributed by atoms with Crippen molar-refractivity contribution in [1.82, 2.24) is 4.98 Å². The number of nitrogens with two attached hydrogens (primary N) is 1. The van der Waals surface area contributed by atoms with Crippen molar-refractivity contribution in [2.24, 2.45) is 23.5 Å². The first-order chi connectivity index (χ1) is 15.1. The first-order valence-corrected chi connectivity index (χ1v) is 15.0. The first kappa shape index (κ1) is 22.5. The third-order valence-electron chi connectivity index (χ3n) is 9.43. The maximum absolute atomic E-state index is 6.90. The fourth-order valence-corrected chi connectivity index (χ4v) is 15.0. The Bertz CT molecular complexity index is 828. The number of aryl methyl sites for hydroxylation is 1. The van der Waals surface area contributed by atoms with Crippen LogP contribution in [-0.4, -0.2) is 30.7 Å². The molecule has 6 rings (SSSR count). The molecule has 0 amide bonds. The standard InChI is InChI=1S/C25H34N2SSe.C2H6/c26-20(8-6-17-4-3-15-27-16-17)19-7-9-22-24(19)14-11-21-23(28)12-2-1-5-18(23)10-13-25(21,22)29-24;1-2/h3-4,10,15-16,19-22,28H,1-2,5-9,11-14,26H2;1-2H3. The van der Waals surface area contributed by atoms with Gasteiger partial charge in [-0.3, -0.25) is 0 Å². The van der Waals surface area contributed by atoms with E-state index in [1.165, 1.54) is 63.4 Å². The first-order valence-electron chi connectivity index (χ1n) is 12.8. The SMILES string of the molecule is CC.NC(CCc1cccnc1)C1CCC2C13CCC1C4(S)CCCCC4=CCC12[Se]3. The summed E-state index contributed by atoms with van der Waals surface area (Å²) in [5.74, 6) is 2.58. The minimum absolute atomic E-state index is 0.241. The summed E-state index contributed by atoms with van der Waals surface area (Å²) in [4.78, 5) is 4.28. The van der Waals surface area contributed by atoms with Crippen LogP contribution in [0.5, 0.6) is 0 Å². The Morgan fingerprint density at radius 1 is 1.16 bits per heavy atom. The van der Waals surface area contributed by atoms with Gasteiger partial charge in [-0.1, -0.05) is 13.8 Å². The molecule has 170 valence electrons. The van der Waals surface area contributed by atoms with Crippen LogP contribution in [-0.2, 0) is 6.42 Å². The fraction of sp³-hybridized carbons (Fsp3) is 0.741. The van der Waals surface area contributed by atoms with E-state index in [4.69, 9.17) is 18.4 Å². The van der Waals surface area contributed by atoms with Crippen LogP contribution in [0.2, 0.25) is 8.63 Å². The van der Waals surface area contributed by atoms with Gasteiger partial charge in [0, 0.05) is 0 Å². The van der Waals surface area contributed by atoms with Crippen molar-refractivity contribution < 1.29 is 0 Å². The maximum atomic E-state index is 6.90. The molecule has 4 aliphatic carbocycles. The fourth-order valence-electron chi connectivity index (χ4n) is 8.28. The summed E-state index contributed by atoms with van der Waals surface area (Å²) >= 11 is 6.20. The summed E-state index contributed by atoms with van der Waals surface area (Å²) in [5.41, 5.74) is 9.97. The van der Waals surface area contributed by atoms with Crippen LogP contribution in [0.1, 0.15) is 83.6 Å². The predicted molar refractivity (Wildman–Crippen MR) is 135 cm³/mol. The number of aromatic nitrogens is 1. The summed E-state index contributed by atoms with van der Waals surface area (Å²) in [6.07, 6.45) is 21.3. The van der Waals surface area contributed by atoms with E-state index in [1.807, 2.05) is 26.2 Å². The number of allylic oxidation sites excluding steroid dienone is 1. The number of rotatable bonds is 4. The zero-order valence-corrected chi connectivity index (χ0v) is 22.0. The average Bonchev–Trinajstić information content (AvgIpc) is 3.13. The number of nitrogens with zero attached hydrogens (tertiary/aromatic N) is 1. The van der Waals surface area contributed by atoms with E-state index < -0.39 is 0 Å². The van der Waals surface area contributed by atoms with Crippen molar-refractivity contribution in [3.8, 4) is 0 Å². The molecular weight excluding hydrogens is 463 g/mol. The number of fused-ring (bicyclic) bond motifs is 2. The molecule has 1 spiro atoms. The van der Waals surface area contributed by atoms with Gasteiger partial charge in [0.25, 0.3) is 0 Å². The quantitative estimate of drug-likeness (QED) is 0.283. The molecule has 1 saturated heterocycles. The number of pyridine rings is 1. The normalized spacial score (nSPS) is 43.2. The van der Waals surface area contributed by atoms with Gasteiger partial charge in [-0.2, -0.15) is 0 Å². The van der Waals surface area contributed by atoms with E-state index in [0.717, 1.165) is 45.6 Å². The van der Waals surface area contributed by atoms with Gasteiger partial charge < -0.3 is 0 Å². The molecule has 31 heavy (non-hydrogen) atoms. The molecule has 1 aliphatic heterocycles. The van der Waals surface area contributed by atoms with Crippen LogP contribution in [0.15, 0.2) is 36.2 Å². The molecule has 2 bridgehead atoms. The van der Waals surface area contributed by atoms with Crippen molar-refractivity contribution in [2.45, 2.75) is 104 Å². The van der Waals surface area contributed by atoms with Crippen LogP contribution in [0.25, 0.3) is 0 Å². The molecule has 1 aromatic rings. The Kier molecular flexibility index (Phi) is 6.17. The summed E-state index contributed by atoms with van der Waals surface area (Å²) in [6.45, 7) is 4.00. The summed E-state index contributed by atoms with van der Waals surface area (Å²) in [5, 5.41) is 0. The van der Waals surface area contributed by atoms with E-state index >= 15 is 0 Å². The molecular formula is C27H40N2SSe. The van der Waals surface area contributed by atoms with E-state index in [1.54, 1.807) is 5.57 Å². The molecule has 0 radical (unpaired) electrons. The molecule has 2 heterocycles. The van der Waals surface area contributed by atoms with Gasteiger partial charge in [-0.25, -0.2) is 0 Å². The molecule has 7 atom stereocenters. The topological polar surface area (TPSA) is 38.9 Å². The Morgan fingerprint density at radius 3 is 2.84 bits per heavy atom. The van der Waals surface area contributed by atoms with Gasteiger partial charge >= 0.3 is 188 Å². The zero-order valence-electron chi connectivity index (χ0n) is 19.4. The molecule has 1 aromatic heterocycles. The van der Waals surface area contributed by atoms with Gasteiger partial charge in [0.15, 0.2) is 0 Å². The van der Waals surface area contributed by atoms with Crippen LogP contribution in [0, 0.1) is 17.8 Å². The van der Waals surface area contributed by atoms with Gasteiger partial charge in [0.05, 0.1) is 0 Å². The molecule has 0 aromatic carbocycles. The summed E-state index contributed by atoms with van der Waals surface area (Å²) in [7, 11) is 0. The van der Waals surface area contributed by atoms with Crippen LogP contribution >= 0.6 is 12.6 Å². The Balaban J connectivity index is 0.000000994. The van der Waals surface area contributed by atoms with Gasteiger partial charge in [-0.05, 0) is 0 Å². The third-order valence-corrected chi connectivity index (χ3v) is 15.0. The molecule has 7 unspecified atom stereocenters. The molecule has 5 aliphatic rings. The van der Waals surface area contributed by atoms with E-state index in [2.05, 4.69) is 23.2 Å². The molecule has 4 heteroatoms. The van der Waals surface area contributed by atoms with E-state index in [9.17, 15) is 0 Å². The number of thiol groups is 1. The summed E-state index contributed by atoms with van der Waals surface area (Å²) in [6, 6.07) is 4.62. The van der Waals surface area contributed by atoms with Gasteiger partial charge in [0.1, 0.15) is 0 Å². The Labute approximate surface area is 201 Å². The molecule has 3 saturated carbocycles. The van der Waals surface area contributed by atoms with Crippen molar-refractivity contribution in [2.75, 3.05) is 0 Å². The van der Waals surface area contributed by atoms with Crippen molar-refractivity contribution >= 4 is 27.6 Å². The average molecular weight is 504 g/mol. The predicted octanol–water partition coefficient (Wildman–Crippen LogP) is 6.41. The van der Waals surface area contributed by atoms with E-state index in [0.29, 0.717) is 14.7 Å². The molecule has 4 fully saturated rings. The second-order valence-corrected chi connectivity index (χ2v) is 14.9. The van der Waals surface area contributed by atoms with Gasteiger partial charge in [-0.15, -0.1) is 0 Å². The Hall–Kier alpha value is -0.281. The second-order valence-electron chi connectivity index (χ2n) is 10.5. The van der Waals surface area contributed by atoms with Crippen LogP contribution in [0.3, 0.4) is 0 Å². The van der Waals surface area contributed by atoms with Crippen molar-refractivity contribution in [3.63, 3.8) is 0 Å². The van der Waals surface area contributed by atoms with Crippen LogP contribution < -0.4 is 5.73 Å². The van der Waals surface area contributed by atoms with Crippen molar-refractivity contribution in [3.05, 3.63) is 41.7 Å². The number of hydrogen-bond acceptors (Lipinski definition) is 3. The Morgan fingerprint density at radius 2 is 2.03 bits per heavy atom. The molecule has 2 N–H and O–H groups in total. The minimum atomic E-state index is 0.241. The monoisotopic (exact) mass is 504 g/mol. The molecule has 2 nitrogen and oxygen atoms in total. The third kappa shape index (κ3) is 3.26.